The Morgan fingerprint density at radius 1 is 1.36 bits per heavy atom. The van der Waals surface area contributed by atoms with Crippen LogP contribution in [0.1, 0.15) is 73.6 Å². The number of hydrogen-bond acceptors (Lipinski definition) is 3. The zero-order valence-electron chi connectivity index (χ0n) is 16.8. The van der Waals surface area contributed by atoms with E-state index >= 15 is 0 Å². The normalized spacial score (nSPS) is 40.4. The summed E-state index contributed by atoms with van der Waals surface area (Å²) in [6, 6.07) is 0. The molecule has 3 heteroatoms. The number of ether oxygens (including phenoxy) is 1. The van der Waals surface area contributed by atoms with Gasteiger partial charge in [0.25, 0.3) is 0 Å². The molecule has 0 aromatic heterocycles. The van der Waals surface area contributed by atoms with Gasteiger partial charge in [0.15, 0.2) is 0 Å². The number of carbonyl (C=O) groups is 1. The van der Waals surface area contributed by atoms with Crippen molar-refractivity contribution in [1.82, 2.24) is 0 Å². The van der Waals surface area contributed by atoms with Crippen molar-refractivity contribution in [2.75, 3.05) is 0 Å². The Balaban J connectivity index is 2.49. The minimum Gasteiger partial charge on any atom is -0.462 e. The van der Waals surface area contributed by atoms with E-state index in [9.17, 15) is 9.90 Å². The lowest BCUT2D eigenvalue weighted by atomic mass is 9.68. The summed E-state index contributed by atoms with van der Waals surface area (Å²) < 4.78 is 5.84. The van der Waals surface area contributed by atoms with E-state index < -0.39 is 5.60 Å². The predicted octanol–water partition coefficient (Wildman–Crippen LogP) is 5.04. The average Bonchev–Trinajstić information content (AvgIpc) is 2.81. The fourth-order valence-corrected chi connectivity index (χ4v) is 4.87. The molecule has 0 radical (unpaired) electrons. The molecule has 2 rings (SSSR count). The predicted molar refractivity (Wildman–Crippen MR) is 102 cm³/mol. The van der Waals surface area contributed by atoms with Gasteiger partial charge in [0, 0.05) is 19.3 Å². The maximum absolute atomic E-state index is 11.8. The van der Waals surface area contributed by atoms with Crippen LogP contribution in [0.15, 0.2) is 23.8 Å². The second-order valence-electron chi connectivity index (χ2n) is 9.15. The Morgan fingerprint density at radius 3 is 2.64 bits per heavy atom. The van der Waals surface area contributed by atoms with Crippen LogP contribution in [-0.4, -0.2) is 22.8 Å². The van der Waals surface area contributed by atoms with Gasteiger partial charge in [-0.1, -0.05) is 37.6 Å². The van der Waals surface area contributed by atoms with Crippen molar-refractivity contribution in [3.05, 3.63) is 23.8 Å². The maximum atomic E-state index is 11.8. The van der Waals surface area contributed by atoms with Crippen LogP contribution < -0.4 is 0 Å². The van der Waals surface area contributed by atoms with Crippen LogP contribution in [0.2, 0.25) is 0 Å². The zero-order chi connectivity index (χ0) is 18.8. The van der Waals surface area contributed by atoms with Gasteiger partial charge in [0.1, 0.15) is 6.10 Å². The van der Waals surface area contributed by atoms with E-state index in [1.54, 1.807) is 0 Å². The SMILES string of the molecule is CC(=O)O[C@H]1C/C(C)=C/CC[C@@H](C)/C=C/[C@@]2(C)CC[C@@H](C(C)(C)O)[C@H]12. The van der Waals surface area contributed by atoms with Crippen molar-refractivity contribution in [2.45, 2.75) is 85.4 Å². The van der Waals surface area contributed by atoms with Crippen molar-refractivity contribution in [3.63, 3.8) is 0 Å². The molecular weight excluding hydrogens is 312 g/mol. The molecule has 1 saturated carbocycles. The van der Waals surface area contributed by atoms with Gasteiger partial charge in [-0.3, -0.25) is 4.79 Å². The van der Waals surface area contributed by atoms with E-state index in [1.165, 1.54) is 12.5 Å². The molecule has 0 saturated heterocycles. The summed E-state index contributed by atoms with van der Waals surface area (Å²) in [6.07, 6.45) is 11.7. The fourth-order valence-electron chi connectivity index (χ4n) is 4.87. The molecule has 0 bridgehead atoms. The van der Waals surface area contributed by atoms with Crippen LogP contribution in [0.3, 0.4) is 0 Å². The molecule has 142 valence electrons. The highest BCUT2D eigenvalue weighted by atomic mass is 16.5. The lowest BCUT2D eigenvalue weighted by Crippen LogP contribution is -2.44. The van der Waals surface area contributed by atoms with Crippen LogP contribution in [0.4, 0.5) is 0 Å². The highest BCUT2D eigenvalue weighted by Gasteiger charge is 2.53. The Hall–Kier alpha value is -1.09. The topological polar surface area (TPSA) is 46.5 Å². The van der Waals surface area contributed by atoms with Crippen LogP contribution in [0.25, 0.3) is 0 Å². The van der Waals surface area contributed by atoms with Gasteiger partial charge < -0.3 is 9.84 Å². The second-order valence-corrected chi connectivity index (χ2v) is 9.15. The van der Waals surface area contributed by atoms with Gasteiger partial charge in [-0.2, -0.15) is 0 Å². The van der Waals surface area contributed by atoms with E-state index in [1.807, 2.05) is 13.8 Å². The van der Waals surface area contributed by atoms with Crippen molar-refractivity contribution < 1.29 is 14.6 Å². The average molecular weight is 349 g/mol. The third kappa shape index (κ3) is 4.97. The number of fused-ring (bicyclic) bond motifs is 1. The van der Waals surface area contributed by atoms with Crippen molar-refractivity contribution in [2.24, 2.45) is 23.2 Å². The van der Waals surface area contributed by atoms with Crippen LogP contribution in [0, 0.1) is 23.2 Å². The first kappa shape index (κ1) is 20.2. The largest absolute Gasteiger partial charge is 0.462 e. The third-order valence-corrected chi connectivity index (χ3v) is 6.26. The van der Waals surface area contributed by atoms with Crippen LogP contribution in [0.5, 0.6) is 0 Å². The summed E-state index contributed by atoms with van der Waals surface area (Å²) in [5, 5.41) is 10.8. The van der Waals surface area contributed by atoms with Crippen molar-refractivity contribution >= 4 is 5.97 Å². The maximum Gasteiger partial charge on any atom is 0.302 e. The van der Waals surface area contributed by atoms with Gasteiger partial charge in [-0.25, -0.2) is 0 Å². The molecule has 2 aliphatic rings. The van der Waals surface area contributed by atoms with Crippen LogP contribution >= 0.6 is 0 Å². The number of allylic oxidation sites excluding steroid dienone is 3. The molecule has 0 heterocycles. The molecular formula is C22H36O3. The number of carbonyl (C=O) groups excluding carboxylic acids is 1. The zero-order valence-corrected chi connectivity index (χ0v) is 16.8. The number of rotatable bonds is 2. The molecule has 5 atom stereocenters. The lowest BCUT2D eigenvalue weighted by molar-refractivity contribution is -0.154. The summed E-state index contributed by atoms with van der Waals surface area (Å²) in [7, 11) is 0. The minimum absolute atomic E-state index is 0.0519. The smallest absolute Gasteiger partial charge is 0.302 e. The van der Waals surface area contributed by atoms with E-state index in [0.29, 0.717) is 5.92 Å². The van der Waals surface area contributed by atoms with Gasteiger partial charge in [-0.05, 0) is 63.7 Å². The van der Waals surface area contributed by atoms with Crippen LogP contribution in [-0.2, 0) is 9.53 Å². The van der Waals surface area contributed by atoms with Gasteiger partial charge >= 0.3 is 5.97 Å². The van der Waals surface area contributed by atoms with Gasteiger partial charge in [0.05, 0.1) is 5.60 Å². The molecule has 0 aromatic rings. The molecule has 0 amide bonds. The first-order chi connectivity index (χ1) is 11.5. The Kier molecular flexibility index (Phi) is 6.19. The van der Waals surface area contributed by atoms with E-state index in [2.05, 4.69) is 39.0 Å². The highest BCUT2D eigenvalue weighted by Crippen LogP contribution is 2.54. The summed E-state index contributed by atoms with van der Waals surface area (Å²) in [5.74, 6) is 0.554. The highest BCUT2D eigenvalue weighted by molar-refractivity contribution is 5.66. The lowest BCUT2D eigenvalue weighted by Gasteiger charge is -2.41. The van der Waals surface area contributed by atoms with Gasteiger partial charge in [0.2, 0.25) is 0 Å². The molecule has 1 fully saturated rings. The van der Waals surface area contributed by atoms with Gasteiger partial charge in [-0.15, -0.1) is 0 Å². The molecule has 2 aliphatic carbocycles. The monoisotopic (exact) mass is 348 g/mol. The van der Waals surface area contributed by atoms with Crippen molar-refractivity contribution in [3.8, 4) is 0 Å². The summed E-state index contributed by atoms with van der Waals surface area (Å²) >= 11 is 0. The summed E-state index contributed by atoms with van der Waals surface area (Å²) in [6.45, 7) is 12.0. The standard InChI is InChI=1S/C22H36O3/c1-15-8-7-9-16(2)14-19(25-17(3)23)20-18(21(4,5)24)11-13-22(20,6)12-10-15/h9-10,12,15,18-20,24H,7-8,11,13-14H2,1-6H3/b12-10+,16-9+/t15-,18-,19+,20-,22+/m1/s1. The molecule has 0 aromatic carbocycles. The molecule has 1 N–H and O–H groups in total. The second kappa shape index (κ2) is 7.65. The molecule has 0 spiro atoms. The summed E-state index contributed by atoms with van der Waals surface area (Å²) in [4.78, 5) is 11.8. The summed E-state index contributed by atoms with van der Waals surface area (Å²) in [5.41, 5.74) is 0.450. The van der Waals surface area contributed by atoms with E-state index in [4.69, 9.17) is 4.74 Å². The quantitative estimate of drug-likeness (QED) is 0.561. The first-order valence-electron chi connectivity index (χ1n) is 9.77. The number of aliphatic hydroxyl groups is 1. The fraction of sp³-hybridized carbons (Fsp3) is 0.773. The molecule has 25 heavy (non-hydrogen) atoms. The van der Waals surface area contributed by atoms with Crippen molar-refractivity contribution in [1.29, 1.82) is 0 Å². The molecule has 0 unspecified atom stereocenters. The third-order valence-electron chi connectivity index (χ3n) is 6.26. The van der Waals surface area contributed by atoms with E-state index in [0.717, 1.165) is 32.1 Å². The number of hydrogen-bond donors (Lipinski definition) is 1. The first-order valence-corrected chi connectivity index (χ1v) is 9.77. The Bertz CT molecular complexity index is 540. The molecule has 0 aliphatic heterocycles. The Morgan fingerprint density at radius 2 is 2.04 bits per heavy atom. The Labute approximate surface area is 153 Å². The number of esters is 1. The van der Waals surface area contributed by atoms with E-state index in [-0.39, 0.29) is 29.3 Å². The molecule has 3 nitrogen and oxygen atoms in total. The minimum atomic E-state index is -0.780.